The van der Waals surface area contributed by atoms with Crippen molar-refractivity contribution in [2.24, 2.45) is 5.92 Å². The molecule has 1 aliphatic heterocycles. The van der Waals surface area contributed by atoms with Crippen molar-refractivity contribution in [1.82, 2.24) is 9.88 Å². The van der Waals surface area contributed by atoms with Crippen LogP contribution >= 0.6 is 0 Å². The Morgan fingerprint density at radius 2 is 2.00 bits per heavy atom. The molecule has 2 heterocycles. The van der Waals surface area contributed by atoms with E-state index in [0.29, 0.717) is 12.5 Å². The van der Waals surface area contributed by atoms with Crippen LogP contribution in [-0.2, 0) is 6.54 Å². The first-order valence-electron chi connectivity index (χ1n) is 8.95. The maximum Gasteiger partial charge on any atom is 0.141 e. The predicted octanol–water partition coefficient (Wildman–Crippen LogP) is 3.60. The molecule has 134 valence electrons. The normalized spacial score (nSPS) is 17.4. The maximum atomic E-state index is 13.1. The zero-order chi connectivity index (χ0) is 17.6. The Morgan fingerprint density at radius 3 is 2.68 bits per heavy atom. The van der Waals surface area contributed by atoms with Crippen molar-refractivity contribution in [3.05, 3.63) is 59.7 Å². The van der Waals surface area contributed by atoms with Gasteiger partial charge in [0.25, 0.3) is 0 Å². The number of hydrogen-bond donors (Lipinski definition) is 2. The summed E-state index contributed by atoms with van der Waals surface area (Å²) in [6.45, 7) is 5.27. The number of aliphatic hydroxyl groups excluding tert-OH is 1. The Bertz CT molecular complexity index is 669. The van der Waals surface area contributed by atoms with Gasteiger partial charge in [0.05, 0.1) is 17.9 Å². The number of rotatable bonds is 6. The van der Waals surface area contributed by atoms with Gasteiger partial charge in [-0.05, 0) is 62.5 Å². The van der Waals surface area contributed by atoms with Gasteiger partial charge in [-0.25, -0.2) is 4.39 Å². The molecule has 1 aliphatic rings. The van der Waals surface area contributed by atoms with E-state index < -0.39 is 0 Å². The van der Waals surface area contributed by atoms with Gasteiger partial charge >= 0.3 is 0 Å². The molecule has 3 rings (SSSR count). The lowest BCUT2D eigenvalue weighted by Crippen LogP contribution is -2.34. The predicted molar refractivity (Wildman–Crippen MR) is 97.8 cm³/mol. The van der Waals surface area contributed by atoms with E-state index in [4.69, 9.17) is 0 Å². The molecule has 1 saturated heterocycles. The largest absolute Gasteiger partial charge is 0.396 e. The minimum Gasteiger partial charge on any atom is -0.396 e. The Balaban J connectivity index is 1.65. The van der Waals surface area contributed by atoms with E-state index in [1.807, 2.05) is 13.0 Å². The fourth-order valence-electron chi connectivity index (χ4n) is 3.32. The molecule has 1 aromatic heterocycles. The molecule has 0 saturated carbocycles. The molecular weight excluding hydrogens is 317 g/mol. The molecule has 2 aromatic rings. The van der Waals surface area contributed by atoms with Crippen molar-refractivity contribution in [1.29, 1.82) is 0 Å². The molecule has 0 aliphatic carbocycles. The molecule has 2 N–H and O–H groups in total. The fourth-order valence-corrected chi connectivity index (χ4v) is 3.32. The Hall–Kier alpha value is -1.98. The maximum absolute atomic E-state index is 13.1. The first-order chi connectivity index (χ1) is 12.2. The smallest absolute Gasteiger partial charge is 0.141 e. The Labute approximate surface area is 148 Å². The fraction of sp³-hybridized carbons (Fsp3) is 0.450. The third-order valence-electron chi connectivity index (χ3n) is 4.94. The summed E-state index contributed by atoms with van der Waals surface area (Å²) in [5.74, 6) is 0.136. The second-order valence-electron chi connectivity index (χ2n) is 6.83. The van der Waals surface area contributed by atoms with Crippen LogP contribution in [0.4, 0.5) is 10.1 Å². The monoisotopic (exact) mass is 343 g/mol. The highest BCUT2D eigenvalue weighted by molar-refractivity contribution is 5.52. The molecule has 1 unspecified atom stereocenters. The number of hydrogen-bond acceptors (Lipinski definition) is 4. The van der Waals surface area contributed by atoms with Crippen molar-refractivity contribution >= 4 is 5.69 Å². The van der Waals surface area contributed by atoms with Gasteiger partial charge in [0.2, 0.25) is 0 Å². The van der Waals surface area contributed by atoms with Gasteiger partial charge < -0.3 is 10.4 Å². The first kappa shape index (κ1) is 17.8. The van der Waals surface area contributed by atoms with E-state index >= 15 is 0 Å². The molecule has 0 spiro atoms. The average Bonchev–Trinajstić information content (AvgIpc) is 2.64. The van der Waals surface area contributed by atoms with Crippen LogP contribution in [0.1, 0.15) is 37.1 Å². The summed E-state index contributed by atoms with van der Waals surface area (Å²) < 4.78 is 13.1. The minimum atomic E-state index is -0.317. The molecule has 0 bridgehead atoms. The number of nitrogens with one attached hydrogen (secondary N) is 1. The third-order valence-corrected chi connectivity index (χ3v) is 4.94. The topological polar surface area (TPSA) is 48.4 Å². The summed E-state index contributed by atoms with van der Waals surface area (Å²) >= 11 is 0. The van der Waals surface area contributed by atoms with Crippen molar-refractivity contribution in [3.63, 3.8) is 0 Å². The molecule has 25 heavy (non-hydrogen) atoms. The summed E-state index contributed by atoms with van der Waals surface area (Å²) in [6, 6.07) is 11.5. The summed E-state index contributed by atoms with van der Waals surface area (Å²) in [5.41, 5.74) is 3.16. The lowest BCUT2D eigenvalue weighted by atomic mass is 9.97. The summed E-state index contributed by atoms with van der Waals surface area (Å²) in [7, 11) is 0. The molecule has 1 atom stereocenters. The summed E-state index contributed by atoms with van der Waals surface area (Å²) in [4.78, 5) is 6.60. The van der Waals surface area contributed by atoms with Gasteiger partial charge in [0.15, 0.2) is 0 Å². The summed E-state index contributed by atoms with van der Waals surface area (Å²) in [6.07, 6.45) is 3.37. The van der Waals surface area contributed by atoms with Gasteiger partial charge in [-0.3, -0.25) is 9.88 Å². The molecule has 0 amide bonds. The average molecular weight is 343 g/mol. The van der Waals surface area contributed by atoms with Crippen molar-refractivity contribution in [2.75, 3.05) is 25.0 Å². The molecular formula is C20H26FN3O. The number of pyridine rings is 1. The molecule has 4 nitrogen and oxygen atoms in total. The van der Waals surface area contributed by atoms with Gasteiger partial charge in [-0.15, -0.1) is 0 Å². The van der Waals surface area contributed by atoms with E-state index in [1.165, 1.54) is 17.8 Å². The van der Waals surface area contributed by atoms with Crippen LogP contribution < -0.4 is 5.32 Å². The second-order valence-corrected chi connectivity index (χ2v) is 6.83. The highest BCUT2D eigenvalue weighted by atomic mass is 19.1. The van der Waals surface area contributed by atoms with E-state index in [-0.39, 0.29) is 11.9 Å². The number of aromatic nitrogens is 1. The van der Waals surface area contributed by atoms with E-state index in [2.05, 4.69) is 33.4 Å². The molecule has 1 aromatic carbocycles. The highest BCUT2D eigenvalue weighted by Crippen LogP contribution is 2.25. The standard InChI is InChI=1S/C20H26FN3O/c1-15(19-7-6-18(21)12-22-19)23-20-5-3-2-4-17(20)13-24-10-8-16(14-25)9-11-24/h2-7,12,15-16,23,25H,8-11,13-14H2,1H3. The number of anilines is 1. The SMILES string of the molecule is CC(Nc1ccccc1CN1CCC(CO)CC1)c1ccc(F)cn1. The number of aliphatic hydroxyl groups is 1. The number of piperidine rings is 1. The lowest BCUT2D eigenvalue weighted by Gasteiger charge is -2.31. The summed E-state index contributed by atoms with van der Waals surface area (Å²) in [5, 5.41) is 12.8. The highest BCUT2D eigenvalue weighted by Gasteiger charge is 2.19. The lowest BCUT2D eigenvalue weighted by molar-refractivity contribution is 0.127. The number of nitrogens with zero attached hydrogens (tertiary/aromatic N) is 2. The van der Waals surface area contributed by atoms with Crippen LogP contribution in [-0.4, -0.2) is 34.7 Å². The van der Waals surface area contributed by atoms with Crippen molar-refractivity contribution in [2.45, 2.75) is 32.4 Å². The third kappa shape index (κ3) is 4.77. The number of likely N-dealkylation sites (tertiary alicyclic amines) is 1. The Kier molecular flexibility index (Phi) is 6.00. The zero-order valence-electron chi connectivity index (χ0n) is 14.7. The van der Waals surface area contributed by atoms with E-state index in [1.54, 1.807) is 6.07 Å². The number of halogens is 1. The Morgan fingerprint density at radius 1 is 1.24 bits per heavy atom. The quantitative estimate of drug-likeness (QED) is 0.841. The van der Waals surface area contributed by atoms with Crippen LogP contribution in [0.5, 0.6) is 0 Å². The van der Waals surface area contributed by atoms with E-state index in [9.17, 15) is 9.50 Å². The molecule has 5 heteroatoms. The zero-order valence-corrected chi connectivity index (χ0v) is 14.7. The van der Waals surface area contributed by atoms with Crippen LogP contribution in [0.2, 0.25) is 0 Å². The number of benzene rings is 1. The number of para-hydroxylation sites is 1. The van der Waals surface area contributed by atoms with Crippen LogP contribution in [0, 0.1) is 11.7 Å². The minimum absolute atomic E-state index is 0.00174. The van der Waals surface area contributed by atoms with Crippen molar-refractivity contribution in [3.8, 4) is 0 Å². The van der Waals surface area contributed by atoms with Gasteiger partial charge in [0.1, 0.15) is 5.82 Å². The van der Waals surface area contributed by atoms with Crippen LogP contribution in [0.3, 0.4) is 0 Å². The molecule has 1 fully saturated rings. The van der Waals surface area contributed by atoms with Gasteiger partial charge in [-0.1, -0.05) is 18.2 Å². The molecule has 0 radical (unpaired) electrons. The van der Waals surface area contributed by atoms with Gasteiger partial charge in [0, 0.05) is 18.8 Å². The van der Waals surface area contributed by atoms with Crippen molar-refractivity contribution < 1.29 is 9.50 Å². The van der Waals surface area contributed by atoms with Crippen LogP contribution in [0.15, 0.2) is 42.6 Å². The van der Waals surface area contributed by atoms with Gasteiger partial charge in [-0.2, -0.15) is 0 Å². The van der Waals surface area contributed by atoms with E-state index in [0.717, 1.165) is 43.9 Å². The second kappa shape index (κ2) is 8.41. The first-order valence-corrected chi connectivity index (χ1v) is 8.95. The van der Waals surface area contributed by atoms with Crippen LogP contribution in [0.25, 0.3) is 0 Å².